The molecule has 2 heterocycles. The third-order valence-corrected chi connectivity index (χ3v) is 9.31. The molecule has 1 aliphatic carbocycles. The third-order valence-electron chi connectivity index (χ3n) is 7.89. The van der Waals surface area contributed by atoms with Crippen molar-refractivity contribution in [1.82, 2.24) is 14.8 Å². The quantitative estimate of drug-likeness (QED) is 0.418. The Labute approximate surface area is 235 Å². The molecular weight excluding hydrogens is 528 g/mol. The van der Waals surface area contributed by atoms with Crippen LogP contribution in [0.25, 0.3) is 10.9 Å². The van der Waals surface area contributed by atoms with E-state index in [1.165, 1.54) is 38.2 Å². The van der Waals surface area contributed by atoms with Gasteiger partial charge in [-0.3, -0.25) is 14.5 Å². The minimum absolute atomic E-state index is 0.0879. The number of ether oxygens (including phenoxy) is 1. The number of benzene rings is 2. The number of nitrogens with one attached hydrogen (secondary N) is 1. The summed E-state index contributed by atoms with van der Waals surface area (Å²) in [5.74, 6) is 0.498. The van der Waals surface area contributed by atoms with E-state index in [-0.39, 0.29) is 22.9 Å². The van der Waals surface area contributed by atoms with E-state index in [2.05, 4.69) is 9.71 Å². The minimum atomic E-state index is -3.89. The lowest BCUT2D eigenvalue weighted by Gasteiger charge is -2.39. The number of para-hydroxylation sites is 1. The monoisotopic (exact) mass is 564 g/mol. The molecule has 10 heteroatoms. The predicted molar refractivity (Wildman–Crippen MR) is 154 cm³/mol. The van der Waals surface area contributed by atoms with Crippen LogP contribution < -0.4 is 4.72 Å². The van der Waals surface area contributed by atoms with Crippen LogP contribution >= 0.6 is 0 Å². The standard InChI is InChI=1S/C30H36N4O5S/c1-22-21-33(30(36)39-20-16-23-7-3-2-4-8-23)18-19-34(22)29(35)25-12-14-26(15-13-25)32-40(37,38)27-11-5-9-24-10-6-17-31-28(24)27/h5-6,9-15,17,22-23,32H,2-4,7-8,16,18-21H2,1H3/t22-/m1/s1. The van der Waals surface area contributed by atoms with E-state index >= 15 is 0 Å². The van der Waals surface area contributed by atoms with Crippen LogP contribution in [-0.4, -0.2) is 67.5 Å². The smallest absolute Gasteiger partial charge is 0.409 e. The van der Waals surface area contributed by atoms with E-state index < -0.39 is 10.0 Å². The summed E-state index contributed by atoms with van der Waals surface area (Å²) in [4.78, 5) is 33.6. The summed E-state index contributed by atoms with van der Waals surface area (Å²) in [6, 6.07) is 14.8. The van der Waals surface area contributed by atoms with E-state index in [1.807, 2.05) is 19.1 Å². The summed E-state index contributed by atoms with van der Waals surface area (Å²) in [5, 5.41) is 0.730. The zero-order chi connectivity index (χ0) is 28.1. The van der Waals surface area contributed by atoms with Crippen molar-refractivity contribution in [2.75, 3.05) is 31.0 Å². The van der Waals surface area contributed by atoms with Gasteiger partial charge in [-0.05, 0) is 55.7 Å². The fraction of sp³-hybridized carbons (Fsp3) is 0.433. The van der Waals surface area contributed by atoms with Crippen LogP contribution in [0.1, 0.15) is 55.8 Å². The van der Waals surface area contributed by atoms with E-state index in [4.69, 9.17) is 4.74 Å². The molecule has 0 bridgehead atoms. The third kappa shape index (κ3) is 6.38. The summed E-state index contributed by atoms with van der Waals surface area (Å²) in [7, 11) is -3.89. The Bertz CT molecular complexity index is 1450. The Kier molecular flexibility index (Phi) is 8.54. The SMILES string of the molecule is C[C@@H]1CN(C(=O)OCCC2CCCCC2)CCN1C(=O)c1ccc(NS(=O)(=O)c2cccc3cccnc23)cc1. The maximum Gasteiger partial charge on any atom is 0.409 e. The molecule has 1 atom stereocenters. The van der Waals surface area contributed by atoms with Gasteiger partial charge in [0.15, 0.2) is 0 Å². The van der Waals surface area contributed by atoms with Gasteiger partial charge in [0.25, 0.3) is 15.9 Å². The van der Waals surface area contributed by atoms with Crippen LogP contribution in [0.2, 0.25) is 0 Å². The Morgan fingerprint density at radius 2 is 1.75 bits per heavy atom. The van der Waals surface area contributed by atoms with E-state index in [1.54, 1.807) is 52.4 Å². The van der Waals surface area contributed by atoms with Gasteiger partial charge in [0, 0.05) is 48.5 Å². The Morgan fingerprint density at radius 1 is 1.00 bits per heavy atom. The molecule has 0 radical (unpaired) electrons. The fourth-order valence-electron chi connectivity index (χ4n) is 5.66. The summed E-state index contributed by atoms with van der Waals surface area (Å²) >= 11 is 0. The average molecular weight is 565 g/mol. The Hall–Kier alpha value is -3.66. The largest absolute Gasteiger partial charge is 0.449 e. The van der Waals surface area contributed by atoms with Gasteiger partial charge in [0.05, 0.1) is 12.1 Å². The molecule has 2 aromatic carbocycles. The van der Waals surface area contributed by atoms with Gasteiger partial charge in [-0.15, -0.1) is 0 Å². The first-order valence-electron chi connectivity index (χ1n) is 14.0. The second-order valence-corrected chi connectivity index (χ2v) is 12.4. The first kappa shape index (κ1) is 27.9. The first-order valence-corrected chi connectivity index (χ1v) is 15.5. The van der Waals surface area contributed by atoms with Gasteiger partial charge in [-0.25, -0.2) is 13.2 Å². The molecule has 2 fully saturated rings. The molecule has 1 aromatic heterocycles. The van der Waals surface area contributed by atoms with Crippen molar-refractivity contribution in [1.29, 1.82) is 0 Å². The van der Waals surface area contributed by atoms with Crippen LogP contribution in [0.3, 0.4) is 0 Å². The minimum Gasteiger partial charge on any atom is -0.449 e. The number of pyridine rings is 1. The number of fused-ring (bicyclic) bond motifs is 1. The fourth-order valence-corrected chi connectivity index (χ4v) is 6.89. The normalized spacial score (nSPS) is 18.5. The summed E-state index contributed by atoms with van der Waals surface area (Å²) in [6.07, 6.45) is 8.47. The number of piperazine rings is 1. The predicted octanol–water partition coefficient (Wildman–Crippen LogP) is 5.29. The summed E-state index contributed by atoms with van der Waals surface area (Å²) in [5.41, 5.74) is 1.19. The lowest BCUT2D eigenvalue weighted by atomic mass is 9.87. The molecule has 0 unspecified atom stereocenters. The molecule has 1 saturated carbocycles. The lowest BCUT2D eigenvalue weighted by molar-refractivity contribution is 0.0398. The second kappa shape index (κ2) is 12.2. The maximum absolute atomic E-state index is 13.2. The van der Waals surface area contributed by atoms with Crippen molar-refractivity contribution in [3.05, 3.63) is 66.4 Å². The molecule has 0 spiro atoms. The molecule has 1 N–H and O–H groups in total. The molecule has 40 heavy (non-hydrogen) atoms. The van der Waals surface area contributed by atoms with Crippen molar-refractivity contribution in [2.45, 2.75) is 56.4 Å². The molecule has 9 nitrogen and oxygen atoms in total. The Morgan fingerprint density at radius 3 is 2.50 bits per heavy atom. The average Bonchev–Trinajstić information content (AvgIpc) is 2.97. The highest BCUT2D eigenvalue weighted by Gasteiger charge is 2.31. The zero-order valence-electron chi connectivity index (χ0n) is 22.8. The van der Waals surface area contributed by atoms with Crippen molar-refractivity contribution < 1.29 is 22.7 Å². The van der Waals surface area contributed by atoms with Crippen LogP contribution in [0.5, 0.6) is 0 Å². The maximum atomic E-state index is 13.2. The van der Waals surface area contributed by atoms with Gasteiger partial charge in [0.1, 0.15) is 4.90 Å². The lowest BCUT2D eigenvalue weighted by Crippen LogP contribution is -2.55. The molecule has 2 aliphatic rings. The van der Waals surface area contributed by atoms with Crippen molar-refractivity contribution in [3.8, 4) is 0 Å². The summed E-state index contributed by atoms with van der Waals surface area (Å²) in [6.45, 7) is 3.59. The van der Waals surface area contributed by atoms with Gasteiger partial charge in [-0.1, -0.05) is 50.3 Å². The number of rotatable bonds is 7. The van der Waals surface area contributed by atoms with Crippen LogP contribution in [0.4, 0.5) is 10.5 Å². The highest BCUT2D eigenvalue weighted by atomic mass is 32.2. The van der Waals surface area contributed by atoms with Crippen LogP contribution in [0, 0.1) is 5.92 Å². The zero-order valence-corrected chi connectivity index (χ0v) is 23.6. The number of carbonyl (C=O) groups is 2. The molecule has 2 amide bonds. The van der Waals surface area contributed by atoms with Gasteiger partial charge < -0.3 is 14.5 Å². The van der Waals surface area contributed by atoms with E-state index in [0.29, 0.717) is 48.9 Å². The number of aromatic nitrogens is 1. The number of amides is 2. The number of carbonyl (C=O) groups excluding carboxylic acids is 2. The van der Waals surface area contributed by atoms with Crippen molar-refractivity contribution >= 4 is 38.6 Å². The Balaban J connectivity index is 1.15. The number of anilines is 1. The highest BCUT2D eigenvalue weighted by Crippen LogP contribution is 2.27. The van der Waals surface area contributed by atoms with Crippen LogP contribution in [0.15, 0.2) is 65.7 Å². The first-order chi connectivity index (χ1) is 19.3. The van der Waals surface area contributed by atoms with E-state index in [9.17, 15) is 18.0 Å². The number of sulfonamides is 1. The van der Waals surface area contributed by atoms with Crippen molar-refractivity contribution in [3.63, 3.8) is 0 Å². The number of hydrogen-bond donors (Lipinski definition) is 1. The molecule has 1 aliphatic heterocycles. The van der Waals surface area contributed by atoms with E-state index in [0.717, 1.165) is 11.8 Å². The topological polar surface area (TPSA) is 109 Å². The van der Waals surface area contributed by atoms with Crippen LogP contribution in [-0.2, 0) is 14.8 Å². The molecule has 5 rings (SSSR count). The number of nitrogens with zero attached hydrogens (tertiary/aromatic N) is 3. The summed E-state index contributed by atoms with van der Waals surface area (Å²) < 4.78 is 34.3. The molecule has 212 valence electrons. The van der Waals surface area contributed by atoms with Gasteiger partial charge in [-0.2, -0.15) is 0 Å². The molecular formula is C30H36N4O5S. The number of hydrogen-bond acceptors (Lipinski definition) is 6. The van der Waals surface area contributed by atoms with Gasteiger partial charge in [0.2, 0.25) is 0 Å². The highest BCUT2D eigenvalue weighted by molar-refractivity contribution is 7.93. The van der Waals surface area contributed by atoms with Gasteiger partial charge >= 0.3 is 6.09 Å². The molecule has 3 aromatic rings. The second-order valence-electron chi connectivity index (χ2n) is 10.7. The molecule has 1 saturated heterocycles. The van der Waals surface area contributed by atoms with Crippen molar-refractivity contribution in [2.24, 2.45) is 5.92 Å².